The Morgan fingerprint density at radius 1 is 1.53 bits per heavy atom. The van der Waals surface area contributed by atoms with Crippen LogP contribution < -0.4 is 5.32 Å². The third-order valence-electron chi connectivity index (χ3n) is 3.31. The highest BCUT2D eigenvalue weighted by Gasteiger charge is 2.38. The summed E-state index contributed by atoms with van der Waals surface area (Å²) in [4.78, 5) is 14.2. The summed E-state index contributed by atoms with van der Waals surface area (Å²) < 4.78 is 11.3. The van der Waals surface area contributed by atoms with Crippen LogP contribution in [-0.2, 0) is 15.6 Å². The zero-order valence-electron chi connectivity index (χ0n) is 11.3. The van der Waals surface area contributed by atoms with Crippen molar-refractivity contribution in [3.05, 3.63) is 22.4 Å². The van der Waals surface area contributed by atoms with Gasteiger partial charge in [0.1, 0.15) is 6.17 Å². The number of amides is 1. The Hall–Kier alpha value is -0.720. The third-order valence-corrected chi connectivity index (χ3v) is 4.77. The van der Waals surface area contributed by atoms with E-state index in [4.69, 9.17) is 0 Å². The van der Waals surface area contributed by atoms with E-state index in [9.17, 15) is 9.00 Å². The average Bonchev–Trinajstić information content (AvgIpc) is 2.97. The van der Waals surface area contributed by atoms with Crippen molar-refractivity contribution in [2.24, 2.45) is 0 Å². The molecule has 4 nitrogen and oxygen atoms in total. The van der Waals surface area contributed by atoms with Gasteiger partial charge in [0.05, 0.1) is 6.04 Å². The maximum Gasteiger partial charge on any atom is 0.241 e. The standard InChI is InChI=1S/C13H20N2O2S2/c1-3-4-11-13(16)15(6-8-19(2)17)12(14-11)10-5-7-18-9-10/h5,7,9,11-12,14H,3-4,6,8H2,1-2H3. The first-order valence-electron chi connectivity index (χ1n) is 6.52. The molecule has 106 valence electrons. The van der Waals surface area contributed by atoms with Crippen LogP contribution in [0.5, 0.6) is 0 Å². The molecule has 1 N–H and O–H groups in total. The Morgan fingerprint density at radius 2 is 2.32 bits per heavy atom. The number of carbonyl (C=O) groups is 1. The highest BCUT2D eigenvalue weighted by Crippen LogP contribution is 2.28. The fraction of sp³-hybridized carbons (Fsp3) is 0.615. The fourth-order valence-corrected chi connectivity index (χ4v) is 3.48. The Balaban J connectivity index is 2.14. The molecular formula is C13H20N2O2S2. The minimum Gasteiger partial charge on any atom is -0.321 e. The van der Waals surface area contributed by atoms with E-state index in [0.29, 0.717) is 12.3 Å². The van der Waals surface area contributed by atoms with Gasteiger partial charge in [-0.3, -0.25) is 14.3 Å². The molecule has 0 aromatic carbocycles. The van der Waals surface area contributed by atoms with Crippen LogP contribution >= 0.6 is 11.3 Å². The van der Waals surface area contributed by atoms with Crippen LogP contribution in [0.1, 0.15) is 31.5 Å². The van der Waals surface area contributed by atoms with Crippen molar-refractivity contribution in [2.45, 2.75) is 32.0 Å². The van der Waals surface area contributed by atoms with E-state index in [-0.39, 0.29) is 18.1 Å². The van der Waals surface area contributed by atoms with E-state index in [1.165, 1.54) is 0 Å². The van der Waals surface area contributed by atoms with Crippen molar-refractivity contribution in [3.8, 4) is 0 Å². The minimum absolute atomic E-state index is 0.0566. The van der Waals surface area contributed by atoms with E-state index in [1.54, 1.807) is 17.6 Å². The molecule has 2 heterocycles. The van der Waals surface area contributed by atoms with Crippen molar-refractivity contribution in [1.29, 1.82) is 0 Å². The molecule has 1 aromatic heterocycles. The van der Waals surface area contributed by atoms with Crippen LogP contribution in [0.4, 0.5) is 0 Å². The van der Waals surface area contributed by atoms with Crippen LogP contribution in [0, 0.1) is 0 Å². The SMILES string of the molecule is CCCC1NC(c2ccsc2)N(CCS(C)=O)C1=O. The summed E-state index contributed by atoms with van der Waals surface area (Å²) in [6.45, 7) is 2.63. The molecule has 1 fully saturated rings. The topological polar surface area (TPSA) is 49.4 Å². The molecule has 3 atom stereocenters. The second-order valence-electron chi connectivity index (χ2n) is 4.78. The number of rotatable bonds is 6. The van der Waals surface area contributed by atoms with Gasteiger partial charge in [-0.2, -0.15) is 11.3 Å². The summed E-state index contributed by atoms with van der Waals surface area (Å²) in [7, 11) is -0.872. The summed E-state index contributed by atoms with van der Waals surface area (Å²) in [5, 5.41) is 7.49. The van der Waals surface area contributed by atoms with Gasteiger partial charge >= 0.3 is 0 Å². The fourth-order valence-electron chi connectivity index (χ4n) is 2.35. The molecule has 1 aliphatic heterocycles. The van der Waals surface area contributed by atoms with Crippen LogP contribution in [0.3, 0.4) is 0 Å². The Kier molecular flexibility index (Phi) is 5.13. The molecule has 6 heteroatoms. The van der Waals surface area contributed by atoms with Gasteiger partial charge in [0, 0.05) is 29.4 Å². The lowest BCUT2D eigenvalue weighted by atomic mass is 10.2. The van der Waals surface area contributed by atoms with Crippen molar-refractivity contribution in [3.63, 3.8) is 0 Å². The normalized spacial score (nSPS) is 24.9. The summed E-state index contributed by atoms with van der Waals surface area (Å²) in [5.74, 6) is 0.677. The number of nitrogens with one attached hydrogen (secondary N) is 1. The Bertz CT molecular complexity index is 448. The van der Waals surface area contributed by atoms with Gasteiger partial charge in [-0.1, -0.05) is 13.3 Å². The van der Waals surface area contributed by atoms with Crippen molar-refractivity contribution in [1.82, 2.24) is 10.2 Å². The number of carbonyl (C=O) groups excluding carboxylic acids is 1. The lowest BCUT2D eigenvalue weighted by Crippen LogP contribution is -2.34. The van der Waals surface area contributed by atoms with E-state index < -0.39 is 10.8 Å². The first-order chi connectivity index (χ1) is 9.13. The number of thiophene rings is 1. The van der Waals surface area contributed by atoms with Crippen molar-refractivity contribution in [2.75, 3.05) is 18.6 Å². The molecule has 2 rings (SSSR count). The number of nitrogens with zero attached hydrogens (tertiary/aromatic N) is 1. The van der Waals surface area contributed by atoms with Gasteiger partial charge in [0.2, 0.25) is 5.91 Å². The smallest absolute Gasteiger partial charge is 0.241 e. The van der Waals surface area contributed by atoms with Crippen LogP contribution in [0.2, 0.25) is 0 Å². The largest absolute Gasteiger partial charge is 0.321 e. The van der Waals surface area contributed by atoms with Gasteiger partial charge in [0.25, 0.3) is 0 Å². The maximum absolute atomic E-state index is 12.4. The molecule has 3 unspecified atom stereocenters. The molecule has 1 aliphatic rings. The summed E-state index contributed by atoms with van der Waals surface area (Å²) >= 11 is 1.63. The summed E-state index contributed by atoms with van der Waals surface area (Å²) in [6, 6.07) is 1.94. The van der Waals surface area contributed by atoms with Gasteiger partial charge in [-0.15, -0.1) is 0 Å². The lowest BCUT2D eigenvalue weighted by molar-refractivity contribution is -0.130. The summed E-state index contributed by atoms with van der Waals surface area (Å²) in [6.07, 6.45) is 3.45. The molecule has 19 heavy (non-hydrogen) atoms. The van der Waals surface area contributed by atoms with E-state index in [2.05, 4.69) is 17.6 Å². The Labute approximate surface area is 120 Å². The predicted octanol–water partition coefficient (Wildman–Crippen LogP) is 1.73. The van der Waals surface area contributed by atoms with Gasteiger partial charge < -0.3 is 4.90 Å². The zero-order valence-corrected chi connectivity index (χ0v) is 12.9. The highest BCUT2D eigenvalue weighted by molar-refractivity contribution is 7.84. The highest BCUT2D eigenvalue weighted by atomic mass is 32.2. The molecular weight excluding hydrogens is 280 g/mol. The maximum atomic E-state index is 12.4. The summed E-state index contributed by atoms with van der Waals surface area (Å²) in [5.41, 5.74) is 1.12. The second kappa shape index (κ2) is 6.63. The molecule has 1 saturated heterocycles. The van der Waals surface area contributed by atoms with E-state index >= 15 is 0 Å². The van der Waals surface area contributed by atoms with Crippen LogP contribution in [-0.4, -0.2) is 39.6 Å². The van der Waals surface area contributed by atoms with Crippen LogP contribution in [0.25, 0.3) is 0 Å². The number of hydrogen-bond acceptors (Lipinski definition) is 4. The monoisotopic (exact) mass is 300 g/mol. The molecule has 1 amide bonds. The molecule has 0 spiro atoms. The first-order valence-corrected chi connectivity index (χ1v) is 9.19. The quantitative estimate of drug-likeness (QED) is 0.870. The zero-order chi connectivity index (χ0) is 13.8. The van der Waals surface area contributed by atoms with E-state index in [0.717, 1.165) is 18.4 Å². The molecule has 0 saturated carbocycles. The van der Waals surface area contributed by atoms with Gasteiger partial charge in [0.15, 0.2) is 0 Å². The average molecular weight is 300 g/mol. The third kappa shape index (κ3) is 3.43. The molecule has 0 aliphatic carbocycles. The second-order valence-corrected chi connectivity index (χ2v) is 7.11. The first kappa shape index (κ1) is 14.7. The molecule has 1 aromatic rings. The minimum atomic E-state index is -0.872. The lowest BCUT2D eigenvalue weighted by Gasteiger charge is -2.23. The van der Waals surface area contributed by atoms with Crippen LogP contribution in [0.15, 0.2) is 16.8 Å². The molecule has 0 bridgehead atoms. The van der Waals surface area contributed by atoms with Gasteiger partial charge in [-0.05, 0) is 28.8 Å². The van der Waals surface area contributed by atoms with E-state index in [1.807, 2.05) is 16.3 Å². The van der Waals surface area contributed by atoms with Crippen molar-refractivity contribution >= 4 is 28.0 Å². The van der Waals surface area contributed by atoms with Gasteiger partial charge in [-0.25, -0.2) is 0 Å². The molecule has 0 radical (unpaired) electrons. The Morgan fingerprint density at radius 3 is 2.89 bits per heavy atom. The predicted molar refractivity (Wildman–Crippen MR) is 79.5 cm³/mol. The van der Waals surface area contributed by atoms with Crippen molar-refractivity contribution < 1.29 is 9.00 Å². The number of hydrogen-bond donors (Lipinski definition) is 1.